The van der Waals surface area contributed by atoms with Crippen LogP contribution in [0.1, 0.15) is 15.9 Å². The third-order valence-electron chi connectivity index (χ3n) is 2.41. The molecule has 1 heterocycles. The molecule has 0 bridgehead atoms. The van der Waals surface area contributed by atoms with Gasteiger partial charge in [-0.2, -0.15) is 0 Å². The van der Waals surface area contributed by atoms with Crippen LogP contribution in [0.25, 0.3) is 0 Å². The lowest BCUT2D eigenvalue weighted by atomic mass is 10.0. The molecule has 4 heteroatoms. The van der Waals surface area contributed by atoms with Gasteiger partial charge in [0.05, 0.1) is 5.56 Å². The van der Waals surface area contributed by atoms with Crippen LogP contribution < -0.4 is 5.73 Å². The molecular weight excluding hydrogens is 236 g/mol. The molecule has 2 aromatic rings. The van der Waals surface area contributed by atoms with Crippen molar-refractivity contribution in [3.8, 4) is 0 Å². The van der Waals surface area contributed by atoms with Gasteiger partial charge in [0, 0.05) is 29.5 Å². The molecule has 0 amide bonds. The van der Waals surface area contributed by atoms with Gasteiger partial charge in [-0.3, -0.25) is 9.78 Å². The second-order valence-electron chi connectivity index (χ2n) is 3.69. The van der Waals surface area contributed by atoms with E-state index in [1.165, 1.54) is 6.20 Å². The number of rotatable bonds is 3. The van der Waals surface area contributed by atoms with Gasteiger partial charge in [0.1, 0.15) is 0 Å². The van der Waals surface area contributed by atoms with Crippen LogP contribution in [0.15, 0.2) is 42.7 Å². The number of ketones is 1. The van der Waals surface area contributed by atoms with E-state index in [1.807, 2.05) is 12.1 Å². The fourth-order valence-corrected chi connectivity index (χ4v) is 1.78. The minimum atomic E-state index is -0.0575. The van der Waals surface area contributed by atoms with Gasteiger partial charge < -0.3 is 5.73 Å². The Balaban J connectivity index is 2.20. The molecule has 0 unspecified atom stereocenters. The molecule has 0 spiro atoms. The largest absolute Gasteiger partial charge is 0.398 e. The highest BCUT2D eigenvalue weighted by Gasteiger charge is 2.10. The maximum absolute atomic E-state index is 12.0. The number of nitrogens with two attached hydrogens (primary N) is 1. The number of aromatic nitrogens is 1. The fourth-order valence-electron chi connectivity index (χ4n) is 1.57. The summed E-state index contributed by atoms with van der Waals surface area (Å²) in [5, 5.41) is 0.620. The molecule has 0 radical (unpaired) electrons. The quantitative estimate of drug-likeness (QED) is 0.848. The predicted molar refractivity (Wildman–Crippen MR) is 68.1 cm³/mol. The highest BCUT2D eigenvalue weighted by molar-refractivity contribution is 6.30. The number of Topliss-reactive ketones (excluding diaryl/α,β-unsaturated/α-hetero) is 1. The monoisotopic (exact) mass is 246 g/mol. The topological polar surface area (TPSA) is 56.0 Å². The van der Waals surface area contributed by atoms with Crippen molar-refractivity contribution in [2.45, 2.75) is 6.42 Å². The maximum Gasteiger partial charge on any atom is 0.170 e. The van der Waals surface area contributed by atoms with Crippen LogP contribution in [0.4, 0.5) is 5.69 Å². The normalized spacial score (nSPS) is 10.2. The zero-order valence-electron chi connectivity index (χ0n) is 9.06. The van der Waals surface area contributed by atoms with Crippen LogP contribution in [-0.4, -0.2) is 10.8 Å². The van der Waals surface area contributed by atoms with Crippen LogP contribution in [0.3, 0.4) is 0 Å². The predicted octanol–water partition coefficient (Wildman–Crippen LogP) is 2.74. The second-order valence-corrected chi connectivity index (χ2v) is 4.13. The van der Waals surface area contributed by atoms with E-state index in [4.69, 9.17) is 17.3 Å². The fraction of sp³-hybridized carbons (Fsp3) is 0.0769. The summed E-state index contributed by atoms with van der Waals surface area (Å²) in [6.45, 7) is 0. The summed E-state index contributed by atoms with van der Waals surface area (Å²) in [5.41, 5.74) is 7.49. The lowest BCUT2D eigenvalue weighted by molar-refractivity contribution is 0.0993. The number of pyridine rings is 1. The average molecular weight is 247 g/mol. The number of hydrogen-bond donors (Lipinski definition) is 1. The molecule has 17 heavy (non-hydrogen) atoms. The maximum atomic E-state index is 12.0. The minimum Gasteiger partial charge on any atom is -0.398 e. The summed E-state index contributed by atoms with van der Waals surface area (Å²) in [6, 6.07) is 8.83. The Hall–Kier alpha value is -1.87. The van der Waals surface area contributed by atoms with Crippen molar-refractivity contribution >= 4 is 23.1 Å². The number of nitrogens with zero attached hydrogens (tertiary/aromatic N) is 1. The van der Waals surface area contributed by atoms with Crippen LogP contribution in [0, 0.1) is 0 Å². The van der Waals surface area contributed by atoms with Crippen molar-refractivity contribution < 1.29 is 4.79 Å². The van der Waals surface area contributed by atoms with Crippen molar-refractivity contribution in [2.24, 2.45) is 0 Å². The Bertz CT molecular complexity index is 555. The molecule has 2 N–H and O–H groups in total. The Morgan fingerprint density at radius 3 is 2.88 bits per heavy atom. The van der Waals surface area contributed by atoms with Gasteiger partial charge in [0.25, 0.3) is 0 Å². The number of hydrogen-bond acceptors (Lipinski definition) is 3. The van der Waals surface area contributed by atoms with Crippen molar-refractivity contribution in [3.05, 3.63) is 58.9 Å². The van der Waals surface area contributed by atoms with Crippen LogP contribution in [0.2, 0.25) is 5.02 Å². The standard InChI is InChI=1S/C13H11ClN2O/c14-10-3-1-2-9(6-10)7-13(17)11-8-16-5-4-12(11)15/h1-6,8H,7H2,(H2,15,16). The number of anilines is 1. The van der Waals surface area contributed by atoms with E-state index in [0.717, 1.165) is 5.56 Å². The highest BCUT2D eigenvalue weighted by atomic mass is 35.5. The molecule has 1 aromatic carbocycles. The van der Waals surface area contributed by atoms with E-state index < -0.39 is 0 Å². The molecule has 0 aliphatic rings. The summed E-state index contributed by atoms with van der Waals surface area (Å²) in [4.78, 5) is 15.9. The Labute approximate surface area is 104 Å². The third-order valence-corrected chi connectivity index (χ3v) is 2.64. The first-order valence-electron chi connectivity index (χ1n) is 5.14. The van der Waals surface area contributed by atoms with Crippen LogP contribution >= 0.6 is 11.6 Å². The van der Waals surface area contributed by atoms with Gasteiger partial charge in [-0.25, -0.2) is 0 Å². The number of nitrogen functional groups attached to an aromatic ring is 1. The Morgan fingerprint density at radius 1 is 1.35 bits per heavy atom. The Kier molecular flexibility index (Phi) is 3.40. The first kappa shape index (κ1) is 11.6. The lowest BCUT2D eigenvalue weighted by Gasteiger charge is -2.04. The van der Waals surface area contributed by atoms with E-state index in [9.17, 15) is 4.79 Å². The van der Waals surface area contributed by atoms with Gasteiger partial charge in [0.15, 0.2) is 5.78 Å². The van der Waals surface area contributed by atoms with E-state index in [0.29, 0.717) is 16.3 Å². The van der Waals surface area contributed by atoms with Gasteiger partial charge in [-0.05, 0) is 23.8 Å². The van der Waals surface area contributed by atoms with E-state index in [-0.39, 0.29) is 12.2 Å². The number of benzene rings is 1. The number of halogens is 1. The molecule has 0 atom stereocenters. The number of carbonyl (C=O) groups excluding carboxylic acids is 1. The van der Waals surface area contributed by atoms with E-state index >= 15 is 0 Å². The minimum absolute atomic E-state index is 0.0575. The van der Waals surface area contributed by atoms with Crippen molar-refractivity contribution in [1.82, 2.24) is 4.98 Å². The SMILES string of the molecule is Nc1ccncc1C(=O)Cc1cccc(Cl)c1. The zero-order chi connectivity index (χ0) is 12.3. The van der Waals surface area contributed by atoms with Crippen molar-refractivity contribution in [1.29, 1.82) is 0 Å². The summed E-state index contributed by atoms with van der Waals surface area (Å²) in [6.07, 6.45) is 3.32. The average Bonchev–Trinajstić information content (AvgIpc) is 2.29. The first-order valence-corrected chi connectivity index (χ1v) is 5.52. The first-order chi connectivity index (χ1) is 8.16. The highest BCUT2D eigenvalue weighted by Crippen LogP contribution is 2.15. The van der Waals surface area contributed by atoms with E-state index in [2.05, 4.69) is 4.98 Å². The molecule has 0 saturated carbocycles. The Morgan fingerprint density at radius 2 is 2.18 bits per heavy atom. The summed E-state index contributed by atoms with van der Waals surface area (Å²) >= 11 is 5.86. The number of carbonyl (C=O) groups is 1. The summed E-state index contributed by atoms with van der Waals surface area (Å²) < 4.78 is 0. The van der Waals surface area contributed by atoms with Gasteiger partial charge >= 0.3 is 0 Å². The summed E-state index contributed by atoms with van der Waals surface area (Å²) in [5.74, 6) is -0.0575. The van der Waals surface area contributed by atoms with Gasteiger partial charge in [0.2, 0.25) is 0 Å². The molecular formula is C13H11ClN2O. The second kappa shape index (κ2) is 4.97. The molecule has 0 saturated heterocycles. The van der Waals surface area contributed by atoms with Crippen LogP contribution in [-0.2, 0) is 6.42 Å². The zero-order valence-corrected chi connectivity index (χ0v) is 9.82. The summed E-state index contributed by atoms with van der Waals surface area (Å²) in [7, 11) is 0. The van der Waals surface area contributed by atoms with Gasteiger partial charge in [-0.1, -0.05) is 23.7 Å². The molecule has 3 nitrogen and oxygen atoms in total. The van der Waals surface area contributed by atoms with Crippen molar-refractivity contribution in [2.75, 3.05) is 5.73 Å². The van der Waals surface area contributed by atoms with Crippen LogP contribution in [0.5, 0.6) is 0 Å². The third kappa shape index (κ3) is 2.82. The molecule has 0 aliphatic carbocycles. The smallest absolute Gasteiger partial charge is 0.170 e. The lowest BCUT2D eigenvalue weighted by Crippen LogP contribution is -2.07. The molecule has 0 aliphatic heterocycles. The molecule has 2 rings (SSSR count). The van der Waals surface area contributed by atoms with E-state index in [1.54, 1.807) is 24.4 Å². The molecule has 86 valence electrons. The van der Waals surface area contributed by atoms with Crippen molar-refractivity contribution in [3.63, 3.8) is 0 Å². The molecule has 1 aromatic heterocycles. The van der Waals surface area contributed by atoms with Gasteiger partial charge in [-0.15, -0.1) is 0 Å². The molecule has 0 fully saturated rings.